The topological polar surface area (TPSA) is 61.9 Å². The summed E-state index contributed by atoms with van der Waals surface area (Å²) in [7, 11) is -2.07. The summed E-state index contributed by atoms with van der Waals surface area (Å²) in [6, 6.07) is 5.86. The average molecular weight is 463 g/mol. The molecule has 0 saturated carbocycles. The number of ketones is 1. The van der Waals surface area contributed by atoms with Gasteiger partial charge in [0.2, 0.25) is 5.78 Å². The van der Waals surface area contributed by atoms with Crippen LogP contribution >= 0.6 is 11.6 Å². The van der Waals surface area contributed by atoms with Gasteiger partial charge in [0.15, 0.2) is 13.5 Å². The molecule has 0 atom stereocenters. The number of halogens is 2. The lowest BCUT2D eigenvalue weighted by Crippen LogP contribution is -2.40. The molecule has 3 aromatic rings. The summed E-state index contributed by atoms with van der Waals surface area (Å²) in [5.41, 5.74) is 1.86. The quantitative estimate of drug-likeness (QED) is 0.337. The number of carbonyl (C=O) groups excluding carboxylic acids is 1. The first-order valence-corrected chi connectivity index (χ1v) is 13.5. The predicted molar refractivity (Wildman–Crippen MR) is 122 cm³/mol. The number of aryl methyl sites for hydroxylation is 1. The van der Waals surface area contributed by atoms with Crippen LogP contribution < -0.4 is 0 Å². The van der Waals surface area contributed by atoms with Gasteiger partial charge in [0.05, 0.1) is 24.1 Å². The molecule has 0 aliphatic heterocycles. The highest BCUT2D eigenvalue weighted by Gasteiger charge is 2.37. The third-order valence-electron chi connectivity index (χ3n) is 5.80. The van der Waals surface area contributed by atoms with Crippen LogP contribution in [0.15, 0.2) is 36.7 Å². The summed E-state index contributed by atoms with van der Waals surface area (Å²) in [6.07, 6.45) is 3.20. The smallest absolute Gasteiger partial charge is 0.214 e. The maximum absolute atomic E-state index is 14.1. The standard InChI is InChI=1S/C22H28ClFN4O2Si/c1-7-27-13-16(12-25-27)21(29)19-11-20(23)26-28(19)18-9-8-17(24)10-15(18)14-30-31(5,6)22(2,3)4/h8-13H,7,14H2,1-6H3. The molecular weight excluding hydrogens is 435 g/mol. The molecule has 0 radical (unpaired) electrons. The highest BCUT2D eigenvalue weighted by atomic mass is 35.5. The zero-order chi connectivity index (χ0) is 23.0. The lowest BCUT2D eigenvalue weighted by atomic mass is 10.1. The van der Waals surface area contributed by atoms with Crippen LogP contribution in [0.5, 0.6) is 0 Å². The Kier molecular flexibility index (Phi) is 6.55. The third-order valence-corrected chi connectivity index (χ3v) is 10.5. The second-order valence-corrected chi connectivity index (χ2v) is 14.2. The van der Waals surface area contributed by atoms with Gasteiger partial charge in [-0.1, -0.05) is 32.4 Å². The highest BCUT2D eigenvalue weighted by molar-refractivity contribution is 6.74. The van der Waals surface area contributed by atoms with Crippen LogP contribution in [-0.4, -0.2) is 33.7 Å². The number of carbonyl (C=O) groups is 1. The van der Waals surface area contributed by atoms with Gasteiger partial charge in [-0.3, -0.25) is 9.48 Å². The molecule has 0 N–H and O–H groups in total. The lowest BCUT2D eigenvalue weighted by molar-refractivity contribution is 0.103. The number of hydrogen-bond acceptors (Lipinski definition) is 4. The van der Waals surface area contributed by atoms with Crippen LogP contribution in [0.4, 0.5) is 4.39 Å². The zero-order valence-electron chi connectivity index (χ0n) is 18.7. The molecule has 0 fully saturated rings. The molecule has 0 unspecified atom stereocenters. The first-order valence-electron chi connectivity index (χ1n) is 10.2. The Morgan fingerprint density at radius 1 is 1.26 bits per heavy atom. The van der Waals surface area contributed by atoms with Crippen LogP contribution in [-0.2, 0) is 17.6 Å². The van der Waals surface area contributed by atoms with E-state index in [4.69, 9.17) is 16.0 Å². The number of benzene rings is 1. The zero-order valence-corrected chi connectivity index (χ0v) is 20.5. The van der Waals surface area contributed by atoms with Gasteiger partial charge in [-0.25, -0.2) is 9.07 Å². The van der Waals surface area contributed by atoms with Gasteiger partial charge in [-0.2, -0.15) is 10.2 Å². The van der Waals surface area contributed by atoms with Crippen LogP contribution in [0, 0.1) is 5.82 Å². The number of nitrogens with zero attached hydrogens (tertiary/aromatic N) is 4. The van der Waals surface area contributed by atoms with E-state index < -0.39 is 8.32 Å². The molecule has 0 spiro atoms. The van der Waals surface area contributed by atoms with Crippen molar-refractivity contribution in [3.8, 4) is 5.69 Å². The van der Waals surface area contributed by atoms with Crippen molar-refractivity contribution in [1.29, 1.82) is 0 Å². The van der Waals surface area contributed by atoms with Crippen molar-refractivity contribution in [3.05, 3.63) is 64.5 Å². The van der Waals surface area contributed by atoms with E-state index in [1.165, 1.54) is 29.1 Å². The van der Waals surface area contributed by atoms with Crippen molar-refractivity contribution in [1.82, 2.24) is 19.6 Å². The molecule has 6 nitrogen and oxygen atoms in total. The summed E-state index contributed by atoms with van der Waals surface area (Å²) >= 11 is 6.17. The Morgan fingerprint density at radius 3 is 2.58 bits per heavy atom. The predicted octanol–water partition coefficient (Wildman–Crippen LogP) is 5.63. The Bertz CT molecular complexity index is 1100. The molecule has 0 saturated heterocycles. The Labute approximate surface area is 188 Å². The Balaban J connectivity index is 2.01. The van der Waals surface area contributed by atoms with Crippen molar-refractivity contribution in [2.24, 2.45) is 0 Å². The molecule has 0 aliphatic rings. The first kappa shape index (κ1) is 23.4. The molecule has 166 valence electrons. The highest BCUT2D eigenvalue weighted by Crippen LogP contribution is 2.37. The van der Waals surface area contributed by atoms with Gasteiger partial charge < -0.3 is 4.43 Å². The SMILES string of the molecule is CCn1cc(C(=O)c2cc(Cl)nn2-c2ccc(F)cc2CO[Si](C)(C)C(C)(C)C)cn1. The minimum atomic E-state index is -2.07. The molecule has 3 rings (SSSR count). The molecule has 2 heterocycles. The van der Waals surface area contributed by atoms with Crippen molar-refractivity contribution in [3.63, 3.8) is 0 Å². The van der Waals surface area contributed by atoms with E-state index in [1.54, 1.807) is 16.9 Å². The van der Waals surface area contributed by atoms with Crippen LogP contribution in [0.1, 0.15) is 49.3 Å². The van der Waals surface area contributed by atoms with Crippen LogP contribution in [0.3, 0.4) is 0 Å². The van der Waals surface area contributed by atoms with E-state index in [-0.39, 0.29) is 34.1 Å². The monoisotopic (exact) mass is 462 g/mol. The van der Waals surface area contributed by atoms with E-state index in [1.807, 2.05) is 6.92 Å². The van der Waals surface area contributed by atoms with E-state index in [9.17, 15) is 9.18 Å². The fourth-order valence-corrected chi connectivity index (χ4v) is 3.98. The largest absolute Gasteiger partial charge is 0.412 e. The molecule has 1 aromatic carbocycles. The molecule has 0 amide bonds. The third kappa shape index (κ3) is 4.97. The van der Waals surface area contributed by atoms with E-state index >= 15 is 0 Å². The molecule has 0 bridgehead atoms. The van der Waals surface area contributed by atoms with Crippen LogP contribution in [0.25, 0.3) is 5.69 Å². The molecule has 0 aliphatic carbocycles. The first-order chi connectivity index (χ1) is 14.4. The maximum Gasteiger partial charge on any atom is 0.214 e. The summed E-state index contributed by atoms with van der Waals surface area (Å²) in [5, 5.41) is 8.66. The fraction of sp³-hybridized carbons (Fsp3) is 0.409. The van der Waals surface area contributed by atoms with Gasteiger partial charge in [0, 0.05) is 24.4 Å². The molecule has 9 heteroatoms. The summed E-state index contributed by atoms with van der Waals surface area (Å²) in [4.78, 5) is 13.1. The Morgan fingerprint density at radius 2 is 1.97 bits per heavy atom. The summed E-state index contributed by atoms with van der Waals surface area (Å²) < 4.78 is 23.5. The molecule has 31 heavy (non-hydrogen) atoms. The van der Waals surface area contributed by atoms with Gasteiger partial charge in [-0.15, -0.1) is 0 Å². The number of hydrogen-bond donors (Lipinski definition) is 0. The van der Waals surface area contributed by atoms with Crippen molar-refractivity contribution in [2.75, 3.05) is 0 Å². The summed E-state index contributed by atoms with van der Waals surface area (Å²) in [6.45, 7) is 13.5. The van der Waals surface area contributed by atoms with Crippen molar-refractivity contribution in [2.45, 2.75) is 59.0 Å². The lowest BCUT2D eigenvalue weighted by Gasteiger charge is -2.36. The van der Waals surface area contributed by atoms with Gasteiger partial charge in [0.25, 0.3) is 0 Å². The minimum absolute atomic E-state index is 0.00998. The maximum atomic E-state index is 14.1. The normalized spacial score (nSPS) is 12.4. The fourth-order valence-electron chi connectivity index (χ4n) is 2.85. The van der Waals surface area contributed by atoms with Gasteiger partial charge >= 0.3 is 0 Å². The van der Waals surface area contributed by atoms with E-state index in [0.717, 1.165) is 0 Å². The average Bonchev–Trinajstić information content (AvgIpc) is 3.31. The second kappa shape index (κ2) is 8.68. The molecule has 2 aromatic heterocycles. The van der Waals surface area contributed by atoms with Gasteiger partial charge in [-0.05, 0) is 43.3 Å². The summed E-state index contributed by atoms with van der Waals surface area (Å²) in [5.74, 6) is -0.646. The van der Waals surface area contributed by atoms with E-state index in [0.29, 0.717) is 23.4 Å². The van der Waals surface area contributed by atoms with Crippen molar-refractivity contribution >= 4 is 25.7 Å². The van der Waals surface area contributed by atoms with Crippen LogP contribution in [0.2, 0.25) is 23.3 Å². The number of rotatable bonds is 7. The molecular formula is C22H28ClFN4O2Si. The number of aromatic nitrogens is 4. The Hall–Kier alpha value is -2.29. The minimum Gasteiger partial charge on any atom is -0.412 e. The second-order valence-electron chi connectivity index (χ2n) is 9.00. The van der Waals surface area contributed by atoms with E-state index in [2.05, 4.69) is 44.1 Å². The van der Waals surface area contributed by atoms with Gasteiger partial charge in [0.1, 0.15) is 11.5 Å². The van der Waals surface area contributed by atoms with Crippen molar-refractivity contribution < 1.29 is 13.6 Å².